The third-order valence-electron chi connectivity index (χ3n) is 2.82. The Bertz CT molecular complexity index is 513. The van der Waals surface area contributed by atoms with Crippen molar-refractivity contribution in [1.29, 1.82) is 0 Å². The molecule has 2 aromatic heterocycles. The van der Waals surface area contributed by atoms with Crippen molar-refractivity contribution in [3.05, 3.63) is 12.4 Å². The van der Waals surface area contributed by atoms with E-state index in [1.54, 1.807) is 16.9 Å². The molecule has 2 N–H and O–H groups in total. The predicted octanol–water partition coefficient (Wildman–Crippen LogP) is -1.32. The van der Waals surface area contributed by atoms with Crippen molar-refractivity contribution in [3.63, 3.8) is 0 Å². The van der Waals surface area contributed by atoms with E-state index < -0.39 is 0 Å². The molecule has 0 saturated carbocycles. The van der Waals surface area contributed by atoms with Gasteiger partial charge in [-0.3, -0.25) is 4.98 Å². The molecule has 0 aliphatic carbocycles. The summed E-state index contributed by atoms with van der Waals surface area (Å²) in [7, 11) is 0. The van der Waals surface area contributed by atoms with Gasteiger partial charge < -0.3 is 15.4 Å². The Kier molecular flexibility index (Phi) is 2.57. The predicted molar refractivity (Wildman–Crippen MR) is 59.6 cm³/mol. The average molecular weight is 235 g/mol. The van der Waals surface area contributed by atoms with Gasteiger partial charge >= 0.3 is 0 Å². The van der Waals surface area contributed by atoms with E-state index in [0.717, 1.165) is 18.9 Å². The molecular weight excluding hydrogens is 222 g/mol. The molecule has 0 bridgehead atoms. The Labute approximate surface area is 97.4 Å². The Morgan fingerprint density at radius 1 is 1.47 bits per heavy atom. The minimum Gasteiger partial charge on any atom is -0.373 e. The minimum absolute atomic E-state index is 0.0514. The van der Waals surface area contributed by atoms with Gasteiger partial charge in [0.15, 0.2) is 11.5 Å². The van der Waals surface area contributed by atoms with Crippen molar-refractivity contribution in [3.8, 4) is 0 Å². The smallest absolute Gasteiger partial charge is 0.199 e. The van der Waals surface area contributed by atoms with Crippen molar-refractivity contribution in [2.45, 2.75) is 6.10 Å². The molecule has 8 heteroatoms. The number of rotatable bonds is 2. The summed E-state index contributed by atoms with van der Waals surface area (Å²) in [5.41, 5.74) is 6.26. The van der Waals surface area contributed by atoms with E-state index in [2.05, 4.69) is 25.4 Å². The monoisotopic (exact) mass is 235 g/mol. The van der Waals surface area contributed by atoms with Gasteiger partial charge in [-0.05, 0) is 10.4 Å². The third-order valence-corrected chi connectivity index (χ3v) is 2.82. The molecule has 90 valence electrons. The number of morpholine rings is 1. The number of tetrazole rings is 1. The quantitative estimate of drug-likeness (QED) is 0.690. The number of nitrogens with two attached hydrogens (primary N) is 1. The largest absolute Gasteiger partial charge is 0.373 e. The fourth-order valence-corrected chi connectivity index (χ4v) is 1.95. The SMILES string of the molecule is NCC1CN(c2cncc3nnnn23)CCO1. The van der Waals surface area contributed by atoms with Crippen molar-refractivity contribution < 1.29 is 4.74 Å². The lowest BCUT2D eigenvalue weighted by Crippen LogP contribution is -2.46. The number of hydrogen-bond acceptors (Lipinski definition) is 7. The van der Waals surface area contributed by atoms with Gasteiger partial charge in [0.1, 0.15) is 0 Å². The highest BCUT2D eigenvalue weighted by Crippen LogP contribution is 2.16. The fourth-order valence-electron chi connectivity index (χ4n) is 1.95. The summed E-state index contributed by atoms with van der Waals surface area (Å²) in [5, 5.41) is 11.5. The van der Waals surface area contributed by atoms with Crippen molar-refractivity contribution in [2.24, 2.45) is 5.73 Å². The molecule has 0 aromatic carbocycles. The van der Waals surface area contributed by atoms with Crippen LogP contribution in [0.4, 0.5) is 5.82 Å². The van der Waals surface area contributed by atoms with Crippen LogP contribution < -0.4 is 10.6 Å². The van der Waals surface area contributed by atoms with Gasteiger partial charge in [-0.1, -0.05) is 0 Å². The van der Waals surface area contributed by atoms with Gasteiger partial charge in [0.05, 0.1) is 25.1 Å². The van der Waals surface area contributed by atoms with Crippen LogP contribution >= 0.6 is 0 Å². The molecule has 1 atom stereocenters. The number of ether oxygens (including phenoxy) is 1. The lowest BCUT2D eigenvalue weighted by atomic mass is 10.3. The standard InChI is InChI=1S/C9H13N7O/c10-3-7-6-15(1-2-17-7)9-5-11-4-8-12-13-14-16(8)9/h4-5,7H,1-3,6,10H2. The van der Waals surface area contributed by atoms with Crippen molar-refractivity contribution in [2.75, 3.05) is 31.1 Å². The van der Waals surface area contributed by atoms with Gasteiger partial charge in [-0.25, -0.2) is 0 Å². The molecule has 1 saturated heterocycles. The van der Waals surface area contributed by atoms with E-state index in [0.29, 0.717) is 18.8 Å². The second-order valence-electron chi connectivity index (χ2n) is 3.89. The maximum Gasteiger partial charge on any atom is 0.199 e. The first kappa shape index (κ1) is 10.4. The van der Waals surface area contributed by atoms with E-state index >= 15 is 0 Å². The van der Waals surface area contributed by atoms with E-state index in [-0.39, 0.29) is 6.10 Å². The van der Waals surface area contributed by atoms with E-state index in [1.165, 1.54) is 0 Å². The highest BCUT2D eigenvalue weighted by molar-refractivity contribution is 5.46. The Hall–Kier alpha value is -1.80. The molecule has 3 heterocycles. The van der Waals surface area contributed by atoms with Crippen LogP contribution in [0, 0.1) is 0 Å². The first-order valence-electron chi connectivity index (χ1n) is 5.47. The molecule has 3 rings (SSSR count). The number of hydrogen-bond donors (Lipinski definition) is 1. The maximum atomic E-state index is 5.62. The molecule has 2 aromatic rings. The first-order valence-corrected chi connectivity index (χ1v) is 5.47. The highest BCUT2D eigenvalue weighted by atomic mass is 16.5. The molecule has 1 unspecified atom stereocenters. The summed E-state index contributed by atoms with van der Waals surface area (Å²) in [6, 6.07) is 0. The second-order valence-corrected chi connectivity index (χ2v) is 3.89. The Morgan fingerprint density at radius 2 is 2.41 bits per heavy atom. The van der Waals surface area contributed by atoms with Gasteiger partial charge in [-0.15, -0.1) is 5.10 Å². The second kappa shape index (κ2) is 4.22. The summed E-state index contributed by atoms with van der Waals surface area (Å²) < 4.78 is 7.20. The average Bonchev–Trinajstić information content (AvgIpc) is 2.87. The summed E-state index contributed by atoms with van der Waals surface area (Å²) in [6.45, 7) is 2.68. The molecule has 1 fully saturated rings. The molecule has 1 aliphatic heterocycles. The van der Waals surface area contributed by atoms with Crippen LogP contribution in [-0.4, -0.2) is 57.4 Å². The number of nitrogens with zero attached hydrogens (tertiary/aromatic N) is 6. The fraction of sp³-hybridized carbons (Fsp3) is 0.556. The Morgan fingerprint density at radius 3 is 3.29 bits per heavy atom. The number of aromatic nitrogens is 5. The Balaban J connectivity index is 1.94. The third kappa shape index (κ3) is 1.81. The van der Waals surface area contributed by atoms with Crippen LogP contribution in [0.5, 0.6) is 0 Å². The van der Waals surface area contributed by atoms with Gasteiger partial charge in [0.2, 0.25) is 0 Å². The van der Waals surface area contributed by atoms with Gasteiger partial charge in [-0.2, -0.15) is 4.52 Å². The zero-order valence-electron chi connectivity index (χ0n) is 9.23. The molecule has 17 heavy (non-hydrogen) atoms. The van der Waals surface area contributed by atoms with Crippen LogP contribution in [-0.2, 0) is 4.74 Å². The topological polar surface area (TPSA) is 94.5 Å². The van der Waals surface area contributed by atoms with E-state index in [1.807, 2.05) is 0 Å². The lowest BCUT2D eigenvalue weighted by molar-refractivity contribution is 0.0461. The maximum absolute atomic E-state index is 5.62. The van der Waals surface area contributed by atoms with E-state index in [4.69, 9.17) is 10.5 Å². The first-order chi connectivity index (χ1) is 8.38. The lowest BCUT2D eigenvalue weighted by Gasteiger charge is -2.33. The summed E-state index contributed by atoms with van der Waals surface area (Å²) in [4.78, 5) is 6.27. The number of fused-ring (bicyclic) bond motifs is 1. The molecular formula is C9H13N7O. The molecule has 0 spiro atoms. The minimum atomic E-state index is 0.0514. The zero-order valence-corrected chi connectivity index (χ0v) is 9.23. The van der Waals surface area contributed by atoms with Crippen LogP contribution in [0.1, 0.15) is 0 Å². The molecule has 8 nitrogen and oxygen atoms in total. The summed E-state index contributed by atoms with van der Waals surface area (Å²) >= 11 is 0. The van der Waals surface area contributed by atoms with E-state index in [9.17, 15) is 0 Å². The highest BCUT2D eigenvalue weighted by Gasteiger charge is 2.21. The zero-order chi connectivity index (χ0) is 11.7. The van der Waals surface area contributed by atoms with Crippen molar-refractivity contribution >= 4 is 11.5 Å². The van der Waals surface area contributed by atoms with Crippen LogP contribution in [0.15, 0.2) is 12.4 Å². The molecule has 0 amide bonds. The van der Waals surface area contributed by atoms with Gasteiger partial charge in [0.25, 0.3) is 0 Å². The normalized spacial score (nSPS) is 21.0. The number of anilines is 1. The molecule has 1 aliphatic rings. The van der Waals surface area contributed by atoms with Crippen LogP contribution in [0.2, 0.25) is 0 Å². The van der Waals surface area contributed by atoms with Crippen LogP contribution in [0.25, 0.3) is 5.65 Å². The van der Waals surface area contributed by atoms with Crippen molar-refractivity contribution in [1.82, 2.24) is 25.0 Å². The summed E-state index contributed by atoms with van der Waals surface area (Å²) in [6.07, 6.45) is 3.43. The van der Waals surface area contributed by atoms with Gasteiger partial charge in [0, 0.05) is 19.6 Å². The molecule has 0 radical (unpaired) electrons. The summed E-state index contributed by atoms with van der Waals surface area (Å²) in [5.74, 6) is 0.870. The van der Waals surface area contributed by atoms with Crippen LogP contribution in [0.3, 0.4) is 0 Å².